The second-order valence-electron chi connectivity index (χ2n) is 6.49. The molecule has 4 heteroatoms. The van der Waals surface area contributed by atoms with Crippen molar-refractivity contribution in [2.45, 2.75) is 45.6 Å². The zero-order valence-corrected chi connectivity index (χ0v) is 13.2. The van der Waals surface area contributed by atoms with Gasteiger partial charge in [0.15, 0.2) is 0 Å². The van der Waals surface area contributed by atoms with E-state index in [0.29, 0.717) is 0 Å². The van der Waals surface area contributed by atoms with E-state index in [1.807, 2.05) is 0 Å². The van der Waals surface area contributed by atoms with Crippen LogP contribution in [0.2, 0.25) is 0 Å². The Morgan fingerprint density at radius 3 is 2.16 bits per heavy atom. The van der Waals surface area contributed by atoms with E-state index in [0.717, 1.165) is 26.1 Å². The molecule has 0 atom stereocenters. The zero-order valence-electron chi connectivity index (χ0n) is 13.2. The van der Waals surface area contributed by atoms with Crippen molar-refractivity contribution >= 4 is 0 Å². The summed E-state index contributed by atoms with van der Waals surface area (Å²) in [5.74, 6) is 0. The zero-order chi connectivity index (χ0) is 14.1. The lowest BCUT2D eigenvalue weighted by Crippen LogP contribution is -2.34. The molecule has 0 amide bonds. The molecule has 1 aliphatic heterocycles. The molecule has 1 saturated heterocycles. The molecular formula is C15H33N3O. The van der Waals surface area contributed by atoms with Crippen LogP contribution in [-0.4, -0.2) is 67.8 Å². The summed E-state index contributed by atoms with van der Waals surface area (Å²) < 4.78 is 5.81. The number of hydrogen-bond acceptors (Lipinski definition) is 4. The van der Waals surface area contributed by atoms with E-state index in [-0.39, 0.29) is 5.60 Å². The van der Waals surface area contributed by atoms with Crippen molar-refractivity contribution in [3.05, 3.63) is 0 Å². The summed E-state index contributed by atoms with van der Waals surface area (Å²) >= 11 is 0. The SMILES string of the molecule is CC(C)(C)OCCN1CCCN(CCCCN)CC1. The monoisotopic (exact) mass is 271 g/mol. The first kappa shape index (κ1) is 16.9. The first-order valence-electron chi connectivity index (χ1n) is 7.80. The number of nitrogens with zero attached hydrogens (tertiary/aromatic N) is 2. The molecule has 0 aliphatic carbocycles. The smallest absolute Gasteiger partial charge is 0.0600 e. The molecule has 1 rings (SSSR count). The predicted molar refractivity (Wildman–Crippen MR) is 81.5 cm³/mol. The van der Waals surface area contributed by atoms with Crippen LogP contribution in [0.15, 0.2) is 0 Å². The van der Waals surface area contributed by atoms with Gasteiger partial charge in [0.25, 0.3) is 0 Å². The normalized spacial score (nSPS) is 19.6. The predicted octanol–water partition coefficient (Wildman–Crippen LogP) is 1.55. The Labute approximate surface area is 119 Å². The number of nitrogens with two attached hydrogens (primary N) is 1. The van der Waals surface area contributed by atoms with Crippen molar-refractivity contribution < 1.29 is 4.74 Å². The van der Waals surface area contributed by atoms with Crippen LogP contribution >= 0.6 is 0 Å². The molecule has 114 valence electrons. The molecule has 1 heterocycles. The number of unbranched alkanes of at least 4 members (excludes halogenated alkanes) is 1. The van der Waals surface area contributed by atoms with E-state index in [2.05, 4.69) is 30.6 Å². The van der Waals surface area contributed by atoms with E-state index < -0.39 is 0 Å². The molecule has 4 nitrogen and oxygen atoms in total. The Morgan fingerprint density at radius 1 is 0.947 bits per heavy atom. The Kier molecular flexibility index (Phi) is 7.91. The summed E-state index contributed by atoms with van der Waals surface area (Å²) in [4.78, 5) is 5.12. The molecule has 0 bridgehead atoms. The Morgan fingerprint density at radius 2 is 1.58 bits per heavy atom. The maximum Gasteiger partial charge on any atom is 0.0600 e. The van der Waals surface area contributed by atoms with E-state index in [1.165, 1.54) is 45.6 Å². The Balaban J connectivity index is 2.15. The fraction of sp³-hybridized carbons (Fsp3) is 1.00. The molecule has 19 heavy (non-hydrogen) atoms. The van der Waals surface area contributed by atoms with E-state index in [1.54, 1.807) is 0 Å². The van der Waals surface area contributed by atoms with E-state index in [9.17, 15) is 0 Å². The average Bonchev–Trinajstić information content (AvgIpc) is 2.54. The van der Waals surface area contributed by atoms with Crippen LogP contribution in [0.5, 0.6) is 0 Å². The number of hydrogen-bond donors (Lipinski definition) is 1. The van der Waals surface area contributed by atoms with Gasteiger partial charge >= 0.3 is 0 Å². The van der Waals surface area contributed by atoms with Crippen LogP contribution in [0.4, 0.5) is 0 Å². The lowest BCUT2D eigenvalue weighted by atomic mass is 10.2. The van der Waals surface area contributed by atoms with E-state index >= 15 is 0 Å². The largest absolute Gasteiger partial charge is 0.375 e. The molecule has 0 aromatic carbocycles. The third-order valence-corrected chi connectivity index (χ3v) is 3.55. The molecule has 2 N–H and O–H groups in total. The number of rotatable bonds is 7. The van der Waals surface area contributed by atoms with E-state index in [4.69, 9.17) is 10.5 Å². The lowest BCUT2D eigenvalue weighted by molar-refractivity contribution is -0.0126. The van der Waals surface area contributed by atoms with Crippen LogP contribution in [0, 0.1) is 0 Å². The standard InChI is InChI=1S/C15H33N3O/c1-15(2,3)19-14-13-18-10-6-9-17(11-12-18)8-5-4-7-16/h4-14,16H2,1-3H3. The van der Waals surface area contributed by atoms with Crippen molar-refractivity contribution in [2.24, 2.45) is 5.73 Å². The van der Waals surface area contributed by atoms with Gasteiger partial charge in [-0.1, -0.05) is 0 Å². The first-order chi connectivity index (χ1) is 9.01. The lowest BCUT2D eigenvalue weighted by Gasteiger charge is -2.24. The van der Waals surface area contributed by atoms with Crippen LogP contribution in [-0.2, 0) is 4.74 Å². The molecule has 0 radical (unpaired) electrons. The summed E-state index contributed by atoms with van der Waals surface area (Å²) in [5.41, 5.74) is 5.53. The Bertz CT molecular complexity index is 228. The molecule has 0 unspecified atom stereocenters. The highest BCUT2D eigenvalue weighted by Gasteiger charge is 2.15. The van der Waals surface area contributed by atoms with Gasteiger partial charge in [0.2, 0.25) is 0 Å². The van der Waals surface area contributed by atoms with Crippen molar-refractivity contribution in [1.29, 1.82) is 0 Å². The summed E-state index contributed by atoms with van der Waals surface area (Å²) in [6, 6.07) is 0. The highest BCUT2D eigenvalue weighted by Crippen LogP contribution is 2.08. The van der Waals surface area contributed by atoms with Gasteiger partial charge in [-0.2, -0.15) is 0 Å². The van der Waals surface area contributed by atoms with Gasteiger partial charge in [0.05, 0.1) is 12.2 Å². The Hall–Kier alpha value is -0.160. The maximum absolute atomic E-state index is 5.81. The summed E-state index contributed by atoms with van der Waals surface area (Å²) in [6.45, 7) is 15.1. The van der Waals surface area contributed by atoms with Crippen LogP contribution in [0.1, 0.15) is 40.0 Å². The summed E-state index contributed by atoms with van der Waals surface area (Å²) in [5, 5.41) is 0. The maximum atomic E-state index is 5.81. The van der Waals surface area contributed by atoms with Gasteiger partial charge in [-0.3, -0.25) is 4.90 Å². The molecule has 1 aliphatic rings. The minimum absolute atomic E-state index is 0.0138. The van der Waals surface area contributed by atoms with Crippen molar-refractivity contribution in [3.63, 3.8) is 0 Å². The quantitative estimate of drug-likeness (QED) is 0.713. The first-order valence-corrected chi connectivity index (χ1v) is 7.80. The summed E-state index contributed by atoms with van der Waals surface area (Å²) in [6.07, 6.45) is 3.67. The second kappa shape index (κ2) is 8.90. The molecule has 0 saturated carbocycles. The van der Waals surface area contributed by atoms with Gasteiger partial charge in [-0.25, -0.2) is 0 Å². The van der Waals surface area contributed by atoms with Crippen molar-refractivity contribution in [1.82, 2.24) is 9.80 Å². The van der Waals surface area contributed by atoms with Gasteiger partial charge in [-0.05, 0) is 66.2 Å². The summed E-state index contributed by atoms with van der Waals surface area (Å²) in [7, 11) is 0. The second-order valence-corrected chi connectivity index (χ2v) is 6.49. The minimum Gasteiger partial charge on any atom is -0.375 e. The van der Waals surface area contributed by atoms with Gasteiger partial charge in [0, 0.05) is 19.6 Å². The molecule has 1 fully saturated rings. The van der Waals surface area contributed by atoms with Crippen LogP contribution in [0.25, 0.3) is 0 Å². The molecule has 0 spiro atoms. The third-order valence-electron chi connectivity index (χ3n) is 3.55. The highest BCUT2D eigenvalue weighted by molar-refractivity contribution is 4.70. The van der Waals surface area contributed by atoms with Crippen molar-refractivity contribution in [2.75, 3.05) is 52.4 Å². The number of ether oxygens (including phenoxy) is 1. The molecule has 0 aromatic heterocycles. The third kappa shape index (κ3) is 8.58. The molecule has 0 aromatic rings. The van der Waals surface area contributed by atoms with Crippen LogP contribution < -0.4 is 5.73 Å². The van der Waals surface area contributed by atoms with Crippen LogP contribution in [0.3, 0.4) is 0 Å². The van der Waals surface area contributed by atoms with Crippen molar-refractivity contribution in [3.8, 4) is 0 Å². The minimum atomic E-state index is -0.0138. The van der Waals surface area contributed by atoms with Gasteiger partial charge in [-0.15, -0.1) is 0 Å². The highest BCUT2D eigenvalue weighted by atomic mass is 16.5. The fourth-order valence-electron chi connectivity index (χ4n) is 2.43. The molecular weight excluding hydrogens is 238 g/mol. The van der Waals surface area contributed by atoms with Gasteiger partial charge in [0.1, 0.15) is 0 Å². The van der Waals surface area contributed by atoms with Gasteiger partial charge < -0.3 is 15.4 Å². The topological polar surface area (TPSA) is 41.7 Å². The fourth-order valence-corrected chi connectivity index (χ4v) is 2.43. The average molecular weight is 271 g/mol.